The zero-order valence-electron chi connectivity index (χ0n) is 10.7. The van der Waals surface area contributed by atoms with Crippen molar-refractivity contribution < 1.29 is 9.13 Å². The molecule has 0 aliphatic carbocycles. The molecule has 2 aromatic carbocycles. The number of ether oxygens (including phenoxy) is 1. The van der Waals surface area contributed by atoms with Crippen molar-refractivity contribution >= 4 is 0 Å². The molecule has 0 amide bonds. The van der Waals surface area contributed by atoms with E-state index in [0.29, 0.717) is 6.61 Å². The molecule has 0 atom stereocenters. The van der Waals surface area contributed by atoms with Gasteiger partial charge in [-0.3, -0.25) is 0 Å². The van der Waals surface area contributed by atoms with Crippen LogP contribution in [-0.2, 0) is 13.0 Å². The Hall–Kier alpha value is -2.34. The van der Waals surface area contributed by atoms with Gasteiger partial charge in [-0.25, -0.2) is 4.39 Å². The average Bonchev–Trinajstić information content (AvgIpc) is 2.45. The first kappa shape index (κ1) is 13.1. The highest BCUT2D eigenvalue weighted by atomic mass is 19.1. The molecular weight excluding hydrogens is 241 g/mol. The highest BCUT2D eigenvalue weighted by molar-refractivity contribution is 5.43. The van der Waals surface area contributed by atoms with E-state index in [4.69, 9.17) is 10.00 Å². The minimum Gasteiger partial charge on any atom is -0.487 e. The molecule has 0 N–H and O–H groups in total. The van der Waals surface area contributed by atoms with E-state index in [2.05, 4.69) is 6.92 Å². The van der Waals surface area contributed by atoms with Gasteiger partial charge in [0.1, 0.15) is 29.8 Å². The van der Waals surface area contributed by atoms with Gasteiger partial charge in [0.25, 0.3) is 0 Å². The highest BCUT2D eigenvalue weighted by Crippen LogP contribution is 2.21. The molecule has 2 rings (SSSR count). The maximum Gasteiger partial charge on any atom is 0.144 e. The minimum absolute atomic E-state index is 0.0484. The molecule has 0 aromatic heterocycles. The van der Waals surface area contributed by atoms with Crippen LogP contribution >= 0.6 is 0 Å². The summed E-state index contributed by atoms with van der Waals surface area (Å²) in [5.41, 5.74) is 2.20. The molecule has 0 saturated heterocycles. The zero-order chi connectivity index (χ0) is 13.7. The second-order valence-corrected chi connectivity index (χ2v) is 4.18. The Kier molecular flexibility index (Phi) is 4.15. The van der Waals surface area contributed by atoms with Crippen molar-refractivity contribution in [3.05, 3.63) is 65.0 Å². The largest absolute Gasteiger partial charge is 0.487 e. The van der Waals surface area contributed by atoms with Crippen LogP contribution in [0.5, 0.6) is 5.75 Å². The maximum atomic E-state index is 13.4. The first-order valence-corrected chi connectivity index (χ1v) is 6.13. The first-order valence-electron chi connectivity index (χ1n) is 6.13. The molecule has 0 saturated carbocycles. The van der Waals surface area contributed by atoms with Crippen LogP contribution in [0.2, 0.25) is 0 Å². The molecule has 3 heteroatoms. The van der Waals surface area contributed by atoms with Crippen molar-refractivity contribution in [3.63, 3.8) is 0 Å². The monoisotopic (exact) mass is 255 g/mol. The number of halogens is 1. The predicted octanol–water partition coefficient (Wildman–Crippen LogP) is 3.84. The van der Waals surface area contributed by atoms with Crippen LogP contribution in [0.25, 0.3) is 0 Å². The lowest BCUT2D eigenvalue weighted by molar-refractivity contribution is 0.303. The molecule has 2 aromatic rings. The van der Waals surface area contributed by atoms with Crippen LogP contribution in [0, 0.1) is 17.1 Å². The van der Waals surface area contributed by atoms with Crippen LogP contribution in [0.3, 0.4) is 0 Å². The maximum absolute atomic E-state index is 13.4. The average molecular weight is 255 g/mol. The summed E-state index contributed by atoms with van der Waals surface area (Å²) in [4.78, 5) is 0. The molecule has 0 aliphatic rings. The molecule has 0 bridgehead atoms. The molecule has 19 heavy (non-hydrogen) atoms. The van der Waals surface area contributed by atoms with Gasteiger partial charge in [-0.1, -0.05) is 37.3 Å². The third-order valence-electron chi connectivity index (χ3n) is 2.91. The lowest BCUT2D eigenvalue weighted by Gasteiger charge is -2.08. The van der Waals surface area contributed by atoms with Crippen molar-refractivity contribution in [3.8, 4) is 11.8 Å². The lowest BCUT2D eigenvalue weighted by atomic mass is 10.1. The third kappa shape index (κ3) is 3.11. The molecule has 0 fully saturated rings. The van der Waals surface area contributed by atoms with E-state index in [1.165, 1.54) is 17.7 Å². The van der Waals surface area contributed by atoms with Gasteiger partial charge in [-0.2, -0.15) is 5.26 Å². The highest BCUT2D eigenvalue weighted by Gasteiger charge is 2.08. The lowest BCUT2D eigenvalue weighted by Crippen LogP contribution is -1.98. The topological polar surface area (TPSA) is 33.0 Å². The zero-order valence-corrected chi connectivity index (χ0v) is 10.7. The Morgan fingerprint density at radius 2 is 1.79 bits per heavy atom. The fraction of sp³-hybridized carbons (Fsp3) is 0.188. The van der Waals surface area contributed by atoms with Gasteiger partial charge in [-0.15, -0.1) is 0 Å². The molecule has 0 unspecified atom stereocenters. The number of nitrogens with zero attached hydrogens (tertiary/aromatic N) is 1. The number of hydrogen-bond donors (Lipinski definition) is 0. The summed E-state index contributed by atoms with van der Waals surface area (Å²) in [5.74, 6) is -0.275. The Bertz CT molecular complexity index is 599. The molecule has 0 spiro atoms. The van der Waals surface area contributed by atoms with E-state index in [1.807, 2.05) is 30.3 Å². The first-order chi connectivity index (χ1) is 9.24. The third-order valence-corrected chi connectivity index (χ3v) is 2.91. The Balaban J connectivity index is 2.10. The van der Waals surface area contributed by atoms with E-state index < -0.39 is 5.82 Å². The number of nitriles is 1. The normalized spacial score (nSPS) is 9.95. The predicted molar refractivity (Wildman–Crippen MR) is 71.3 cm³/mol. The van der Waals surface area contributed by atoms with Gasteiger partial charge in [0.05, 0.1) is 0 Å². The fourth-order valence-corrected chi connectivity index (χ4v) is 1.77. The summed E-state index contributed by atoms with van der Waals surface area (Å²) < 4.78 is 18.9. The Labute approximate surface area is 112 Å². The molecule has 96 valence electrons. The van der Waals surface area contributed by atoms with E-state index in [-0.39, 0.29) is 11.3 Å². The number of benzene rings is 2. The Morgan fingerprint density at radius 3 is 2.42 bits per heavy atom. The van der Waals surface area contributed by atoms with Crippen molar-refractivity contribution in [1.82, 2.24) is 0 Å². The van der Waals surface area contributed by atoms with Crippen molar-refractivity contribution in [2.45, 2.75) is 20.0 Å². The van der Waals surface area contributed by atoms with E-state index in [9.17, 15) is 4.39 Å². The second kappa shape index (κ2) is 6.01. The van der Waals surface area contributed by atoms with E-state index in [1.54, 1.807) is 6.07 Å². The van der Waals surface area contributed by atoms with Gasteiger partial charge in [0, 0.05) is 0 Å². The molecule has 0 heterocycles. The molecule has 0 aliphatic heterocycles. The summed E-state index contributed by atoms with van der Waals surface area (Å²) in [6.45, 7) is 2.42. The second-order valence-electron chi connectivity index (χ2n) is 4.18. The minimum atomic E-state index is -0.554. The van der Waals surface area contributed by atoms with Crippen molar-refractivity contribution in [1.29, 1.82) is 5.26 Å². The quantitative estimate of drug-likeness (QED) is 0.831. The summed E-state index contributed by atoms with van der Waals surface area (Å²) in [5, 5.41) is 8.89. The van der Waals surface area contributed by atoms with Crippen LogP contribution in [0.1, 0.15) is 23.6 Å². The Morgan fingerprint density at radius 1 is 1.11 bits per heavy atom. The van der Waals surface area contributed by atoms with Crippen molar-refractivity contribution in [2.75, 3.05) is 0 Å². The van der Waals surface area contributed by atoms with Crippen LogP contribution in [0.4, 0.5) is 4.39 Å². The molecule has 2 nitrogen and oxygen atoms in total. The van der Waals surface area contributed by atoms with Crippen LogP contribution in [-0.4, -0.2) is 0 Å². The molecule has 0 radical (unpaired) electrons. The summed E-state index contributed by atoms with van der Waals surface area (Å²) in [7, 11) is 0. The summed E-state index contributed by atoms with van der Waals surface area (Å²) in [6, 6.07) is 14.2. The summed E-state index contributed by atoms with van der Waals surface area (Å²) in [6.07, 6.45) is 0.990. The van der Waals surface area contributed by atoms with Gasteiger partial charge >= 0.3 is 0 Å². The van der Waals surface area contributed by atoms with Gasteiger partial charge in [0.15, 0.2) is 0 Å². The SMILES string of the molecule is CCc1ccc(COc2cccc(F)c2C#N)cc1. The number of hydrogen-bond acceptors (Lipinski definition) is 2. The van der Waals surface area contributed by atoms with Gasteiger partial charge in [-0.05, 0) is 29.7 Å². The smallest absolute Gasteiger partial charge is 0.144 e. The van der Waals surface area contributed by atoms with Gasteiger partial charge < -0.3 is 4.74 Å². The van der Waals surface area contributed by atoms with E-state index in [0.717, 1.165) is 12.0 Å². The number of aryl methyl sites for hydroxylation is 1. The van der Waals surface area contributed by atoms with Crippen molar-refractivity contribution in [2.24, 2.45) is 0 Å². The van der Waals surface area contributed by atoms with Gasteiger partial charge in [0.2, 0.25) is 0 Å². The number of rotatable bonds is 4. The van der Waals surface area contributed by atoms with Crippen LogP contribution < -0.4 is 4.74 Å². The van der Waals surface area contributed by atoms with E-state index >= 15 is 0 Å². The summed E-state index contributed by atoms with van der Waals surface area (Å²) >= 11 is 0. The molecular formula is C16H14FNO. The fourth-order valence-electron chi connectivity index (χ4n) is 1.77. The standard InChI is InChI=1S/C16H14FNO/c1-2-12-6-8-13(9-7-12)11-19-16-5-3-4-15(17)14(16)10-18/h3-9H,2,11H2,1H3. The van der Waals surface area contributed by atoms with Crippen LogP contribution in [0.15, 0.2) is 42.5 Å².